The Bertz CT molecular complexity index is 862. The SMILES string of the molecule is CN1C(=O)N(CC(=O)Nc2ccc3c(c2)NC(=O)CO3)C(=O)C12CCCCC2. The van der Waals surface area contributed by atoms with Gasteiger partial charge in [0, 0.05) is 12.7 Å². The van der Waals surface area contributed by atoms with Crippen LogP contribution in [-0.2, 0) is 14.4 Å². The third kappa shape index (κ3) is 2.96. The molecule has 1 spiro atoms. The number of hydrogen-bond donors (Lipinski definition) is 2. The first-order valence-corrected chi connectivity index (χ1v) is 9.37. The van der Waals surface area contributed by atoms with Crippen LogP contribution in [0.3, 0.4) is 0 Å². The number of imide groups is 1. The molecule has 1 saturated heterocycles. The molecule has 0 unspecified atom stereocenters. The molecule has 4 rings (SSSR count). The van der Waals surface area contributed by atoms with Crippen LogP contribution < -0.4 is 15.4 Å². The Balaban J connectivity index is 1.45. The van der Waals surface area contributed by atoms with Crippen molar-refractivity contribution in [1.29, 1.82) is 0 Å². The predicted octanol–water partition coefficient (Wildman–Crippen LogP) is 1.55. The minimum absolute atomic E-state index is 0.0485. The van der Waals surface area contributed by atoms with Gasteiger partial charge in [-0.25, -0.2) is 4.79 Å². The Morgan fingerprint density at radius 2 is 1.96 bits per heavy atom. The fraction of sp³-hybridized carbons (Fsp3) is 0.474. The van der Waals surface area contributed by atoms with Gasteiger partial charge in [-0.15, -0.1) is 0 Å². The second kappa shape index (κ2) is 6.81. The summed E-state index contributed by atoms with van der Waals surface area (Å²) in [4.78, 5) is 52.0. The zero-order valence-corrected chi connectivity index (χ0v) is 15.6. The molecule has 148 valence electrons. The Labute approximate surface area is 162 Å². The van der Waals surface area contributed by atoms with E-state index in [1.165, 1.54) is 4.90 Å². The van der Waals surface area contributed by atoms with E-state index in [0.29, 0.717) is 30.0 Å². The average molecular weight is 386 g/mol. The zero-order valence-electron chi connectivity index (χ0n) is 15.6. The van der Waals surface area contributed by atoms with Crippen LogP contribution in [0.15, 0.2) is 18.2 Å². The summed E-state index contributed by atoms with van der Waals surface area (Å²) >= 11 is 0. The Kier molecular flexibility index (Phi) is 4.44. The molecule has 2 N–H and O–H groups in total. The molecule has 2 fully saturated rings. The summed E-state index contributed by atoms with van der Waals surface area (Å²) in [5.41, 5.74) is 0.0981. The van der Waals surface area contributed by atoms with Crippen molar-refractivity contribution in [2.24, 2.45) is 0 Å². The lowest BCUT2D eigenvalue weighted by atomic mass is 9.81. The monoisotopic (exact) mass is 386 g/mol. The lowest BCUT2D eigenvalue weighted by Crippen LogP contribution is -2.49. The number of nitrogens with zero attached hydrogens (tertiary/aromatic N) is 2. The number of fused-ring (bicyclic) bond motifs is 1. The number of benzene rings is 1. The summed E-state index contributed by atoms with van der Waals surface area (Å²) in [5, 5.41) is 5.34. The first-order valence-electron chi connectivity index (χ1n) is 9.37. The minimum atomic E-state index is -0.803. The highest BCUT2D eigenvalue weighted by molar-refractivity contribution is 6.10. The van der Waals surface area contributed by atoms with Crippen LogP contribution in [0.25, 0.3) is 0 Å². The van der Waals surface area contributed by atoms with Crippen molar-refractivity contribution in [2.45, 2.75) is 37.6 Å². The van der Waals surface area contributed by atoms with Gasteiger partial charge in [0.05, 0.1) is 5.69 Å². The molecule has 2 heterocycles. The third-order valence-electron chi connectivity index (χ3n) is 5.68. The van der Waals surface area contributed by atoms with E-state index in [0.717, 1.165) is 24.2 Å². The second-order valence-electron chi connectivity index (χ2n) is 7.42. The lowest BCUT2D eigenvalue weighted by Gasteiger charge is -2.35. The van der Waals surface area contributed by atoms with Gasteiger partial charge in [-0.05, 0) is 31.0 Å². The van der Waals surface area contributed by atoms with E-state index >= 15 is 0 Å². The van der Waals surface area contributed by atoms with E-state index < -0.39 is 17.5 Å². The van der Waals surface area contributed by atoms with Crippen LogP contribution in [0.2, 0.25) is 0 Å². The van der Waals surface area contributed by atoms with Crippen LogP contribution in [0.5, 0.6) is 5.75 Å². The lowest BCUT2D eigenvalue weighted by molar-refractivity contribution is -0.136. The summed E-state index contributed by atoms with van der Waals surface area (Å²) < 4.78 is 5.28. The molecule has 1 aromatic rings. The molecule has 0 radical (unpaired) electrons. The van der Waals surface area contributed by atoms with E-state index in [9.17, 15) is 19.2 Å². The van der Waals surface area contributed by atoms with Gasteiger partial charge >= 0.3 is 6.03 Å². The van der Waals surface area contributed by atoms with Gasteiger partial charge in [0.2, 0.25) is 5.91 Å². The Morgan fingerprint density at radius 1 is 1.21 bits per heavy atom. The number of hydrogen-bond acceptors (Lipinski definition) is 5. The van der Waals surface area contributed by atoms with Gasteiger partial charge in [-0.2, -0.15) is 0 Å². The highest BCUT2D eigenvalue weighted by Crippen LogP contribution is 2.39. The summed E-state index contributed by atoms with van der Waals surface area (Å²) in [7, 11) is 1.63. The Morgan fingerprint density at radius 3 is 2.71 bits per heavy atom. The summed E-state index contributed by atoms with van der Waals surface area (Å²) in [5.74, 6) is -0.527. The van der Waals surface area contributed by atoms with Crippen LogP contribution in [0.4, 0.5) is 16.2 Å². The fourth-order valence-electron chi connectivity index (χ4n) is 4.18. The van der Waals surface area contributed by atoms with Gasteiger partial charge in [0.25, 0.3) is 11.8 Å². The molecule has 0 aromatic heterocycles. The molecule has 1 saturated carbocycles. The maximum Gasteiger partial charge on any atom is 0.327 e. The molecule has 9 heteroatoms. The highest BCUT2D eigenvalue weighted by Gasteiger charge is 2.55. The molecule has 28 heavy (non-hydrogen) atoms. The minimum Gasteiger partial charge on any atom is -0.482 e. The van der Waals surface area contributed by atoms with Crippen LogP contribution in [-0.4, -0.2) is 59.3 Å². The van der Waals surface area contributed by atoms with Gasteiger partial charge in [-0.1, -0.05) is 19.3 Å². The van der Waals surface area contributed by atoms with E-state index in [2.05, 4.69) is 10.6 Å². The quantitative estimate of drug-likeness (QED) is 0.767. The first kappa shape index (κ1) is 18.3. The molecular formula is C19H22N4O5. The van der Waals surface area contributed by atoms with E-state index in [1.807, 2.05) is 0 Å². The van der Waals surface area contributed by atoms with Crippen molar-refractivity contribution in [1.82, 2.24) is 9.80 Å². The number of ether oxygens (including phenoxy) is 1. The van der Waals surface area contributed by atoms with E-state index in [1.54, 1.807) is 25.2 Å². The van der Waals surface area contributed by atoms with Gasteiger partial charge in [0.1, 0.15) is 17.8 Å². The number of rotatable bonds is 3. The smallest absolute Gasteiger partial charge is 0.327 e. The molecule has 1 aliphatic carbocycles. The van der Waals surface area contributed by atoms with Crippen LogP contribution in [0, 0.1) is 0 Å². The van der Waals surface area contributed by atoms with Crippen molar-refractivity contribution in [2.75, 3.05) is 30.8 Å². The molecule has 0 atom stereocenters. The molecule has 0 bridgehead atoms. The molecule has 1 aromatic carbocycles. The van der Waals surface area contributed by atoms with E-state index in [-0.39, 0.29) is 25.0 Å². The number of nitrogens with one attached hydrogen (secondary N) is 2. The van der Waals surface area contributed by atoms with Gasteiger partial charge < -0.3 is 20.3 Å². The molecule has 9 nitrogen and oxygen atoms in total. The van der Waals surface area contributed by atoms with Gasteiger partial charge in [0.15, 0.2) is 6.61 Å². The topological polar surface area (TPSA) is 108 Å². The second-order valence-corrected chi connectivity index (χ2v) is 7.42. The van der Waals surface area contributed by atoms with Crippen molar-refractivity contribution >= 4 is 35.1 Å². The summed E-state index contributed by atoms with van der Waals surface area (Å²) in [6.45, 7) is -0.392. The first-order chi connectivity index (χ1) is 13.4. The predicted molar refractivity (Wildman–Crippen MR) is 99.9 cm³/mol. The largest absolute Gasteiger partial charge is 0.482 e. The number of carbonyl (C=O) groups is 4. The molecule has 3 aliphatic rings. The number of likely N-dealkylation sites (N-methyl/N-ethyl adjacent to an activating group) is 1. The summed E-state index contributed by atoms with van der Waals surface area (Å²) in [6.07, 6.45) is 4.11. The Hall–Kier alpha value is -3.10. The standard InChI is InChI=1S/C19H22N4O5/c1-22-18(27)23(17(26)19(22)7-3-2-4-8-19)10-15(24)20-12-5-6-14-13(9-12)21-16(25)11-28-14/h5-6,9H,2-4,7-8,10-11H2,1H3,(H,20,24)(H,21,25). The van der Waals surface area contributed by atoms with E-state index in [4.69, 9.17) is 4.74 Å². The third-order valence-corrected chi connectivity index (χ3v) is 5.68. The van der Waals surface area contributed by atoms with Crippen LogP contribution >= 0.6 is 0 Å². The zero-order chi connectivity index (χ0) is 19.9. The summed E-state index contributed by atoms with van der Waals surface area (Å²) in [6, 6.07) is 4.41. The number of amides is 5. The van der Waals surface area contributed by atoms with Crippen molar-refractivity contribution < 1.29 is 23.9 Å². The van der Waals surface area contributed by atoms with Crippen molar-refractivity contribution in [3.8, 4) is 5.75 Å². The molecule has 5 amide bonds. The number of carbonyl (C=O) groups excluding carboxylic acids is 4. The van der Waals surface area contributed by atoms with Crippen molar-refractivity contribution in [3.05, 3.63) is 18.2 Å². The number of urea groups is 1. The van der Waals surface area contributed by atoms with Crippen molar-refractivity contribution in [3.63, 3.8) is 0 Å². The van der Waals surface area contributed by atoms with Gasteiger partial charge in [-0.3, -0.25) is 19.3 Å². The van der Waals surface area contributed by atoms with Crippen LogP contribution in [0.1, 0.15) is 32.1 Å². The fourth-order valence-corrected chi connectivity index (χ4v) is 4.18. The number of anilines is 2. The maximum absolute atomic E-state index is 12.9. The maximum atomic E-state index is 12.9. The molecular weight excluding hydrogens is 364 g/mol. The highest BCUT2D eigenvalue weighted by atomic mass is 16.5. The normalized spacial score (nSPS) is 20.7. The average Bonchev–Trinajstić information content (AvgIpc) is 2.84. The molecule has 2 aliphatic heterocycles.